The average molecular weight is 535 g/mol. The first-order valence-electron chi connectivity index (χ1n) is 13.5. The Balaban J connectivity index is 0.00000352. The van der Waals surface area contributed by atoms with Gasteiger partial charge in [-0.25, -0.2) is 8.78 Å². The van der Waals surface area contributed by atoms with Crippen LogP contribution in [0.3, 0.4) is 0 Å². The molecule has 8 heteroatoms. The van der Waals surface area contributed by atoms with E-state index in [0.717, 1.165) is 70.5 Å². The van der Waals surface area contributed by atoms with Crippen LogP contribution in [0.1, 0.15) is 58.8 Å². The van der Waals surface area contributed by atoms with Gasteiger partial charge in [-0.1, -0.05) is 36.3 Å². The van der Waals surface area contributed by atoms with Crippen molar-refractivity contribution in [3.8, 4) is 6.07 Å². The maximum absolute atomic E-state index is 13.2. The summed E-state index contributed by atoms with van der Waals surface area (Å²) in [4.78, 5) is 19.0. The summed E-state index contributed by atoms with van der Waals surface area (Å²) in [5.41, 5.74) is 2.41. The molecule has 2 aliphatic rings. The Morgan fingerprint density at radius 3 is 2.55 bits per heavy atom. The number of alkyl halides is 3. The van der Waals surface area contributed by atoms with E-state index < -0.39 is 6.43 Å². The van der Waals surface area contributed by atoms with Crippen LogP contribution in [0.5, 0.6) is 0 Å². The second kappa shape index (κ2) is 19.3. The van der Waals surface area contributed by atoms with Crippen molar-refractivity contribution in [3.05, 3.63) is 58.9 Å². The zero-order valence-electron chi connectivity index (χ0n) is 23.6. The molecule has 1 fully saturated rings. The van der Waals surface area contributed by atoms with Gasteiger partial charge in [0.1, 0.15) is 0 Å². The summed E-state index contributed by atoms with van der Waals surface area (Å²) in [6.07, 6.45) is 14.2. The first-order valence-corrected chi connectivity index (χ1v) is 13.5. The monoisotopic (exact) mass is 534 g/mol. The van der Waals surface area contributed by atoms with Crippen molar-refractivity contribution in [2.45, 2.75) is 65.2 Å². The Morgan fingerprint density at radius 2 is 1.89 bits per heavy atom. The summed E-state index contributed by atoms with van der Waals surface area (Å²) in [5, 5.41) is 9.33. The molecule has 0 unspecified atom stereocenters. The lowest BCUT2D eigenvalue weighted by atomic mass is 10.1. The molecule has 1 amide bonds. The van der Waals surface area contributed by atoms with Crippen LogP contribution in [0.4, 0.5) is 13.2 Å². The van der Waals surface area contributed by atoms with Gasteiger partial charge in [0.2, 0.25) is 5.91 Å². The van der Waals surface area contributed by atoms with Gasteiger partial charge in [0.25, 0.3) is 6.43 Å². The highest BCUT2D eigenvalue weighted by Gasteiger charge is 2.19. The van der Waals surface area contributed by atoms with Crippen molar-refractivity contribution in [2.75, 3.05) is 53.5 Å². The fraction of sp³-hybridized carbons (Fsp3) is 0.600. The molecule has 2 rings (SSSR count). The van der Waals surface area contributed by atoms with Gasteiger partial charge >= 0.3 is 0 Å². The van der Waals surface area contributed by atoms with E-state index in [-0.39, 0.29) is 23.5 Å². The normalized spacial score (nSPS) is 17.1. The molecule has 0 aromatic carbocycles. The highest BCUT2D eigenvalue weighted by Crippen LogP contribution is 2.24. The van der Waals surface area contributed by atoms with Crippen molar-refractivity contribution in [3.63, 3.8) is 0 Å². The number of carbonyl (C=O) groups excluding carboxylic acids is 1. The zero-order chi connectivity index (χ0) is 28.3. The number of rotatable bonds is 12. The maximum atomic E-state index is 13.2. The molecule has 5 nitrogen and oxygen atoms in total. The lowest BCUT2D eigenvalue weighted by Gasteiger charge is -2.24. The van der Waals surface area contributed by atoms with Crippen molar-refractivity contribution in [1.29, 1.82) is 5.26 Å². The van der Waals surface area contributed by atoms with Crippen LogP contribution in [0.2, 0.25) is 0 Å². The number of likely N-dealkylation sites (N-methyl/N-ethyl adjacent to an activating group) is 1. The first kappa shape index (κ1) is 33.2. The quantitative estimate of drug-likeness (QED) is 0.214. The third kappa shape index (κ3) is 12.2. The molecule has 0 bridgehead atoms. The summed E-state index contributed by atoms with van der Waals surface area (Å²) in [7, 11) is 2.38. The Hall–Kier alpha value is -2.79. The second-order valence-corrected chi connectivity index (χ2v) is 9.53. The third-order valence-electron chi connectivity index (χ3n) is 6.81. The van der Waals surface area contributed by atoms with Crippen molar-refractivity contribution in [2.24, 2.45) is 0 Å². The number of carbonyl (C=O) groups is 1. The van der Waals surface area contributed by atoms with Gasteiger partial charge in [-0.05, 0) is 71.2 Å². The van der Waals surface area contributed by atoms with Crippen LogP contribution in [-0.4, -0.2) is 80.5 Å². The summed E-state index contributed by atoms with van der Waals surface area (Å²) in [6.45, 7) is 9.28. The topological polar surface area (TPSA) is 50.6 Å². The van der Waals surface area contributed by atoms with Crippen molar-refractivity contribution >= 4 is 5.91 Å². The molecule has 0 aromatic heterocycles. The van der Waals surface area contributed by atoms with E-state index in [1.54, 1.807) is 6.08 Å². The number of unbranched alkanes of at least 4 members (excludes halogenated alkanes) is 2. The minimum absolute atomic E-state index is 0.00478. The minimum atomic E-state index is -2.54. The standard InChI is InChI=1S/C29H42F2N4O.CH3F/c1-4-6-11-24(5-2)23-33(3)28(36)12-8-7-9-15-34-16-10-17-35(19-18-34)27-14-13-26(29(30)31)20-25(21-27)22-32;1-2/h4-6,14,20-21,29H,7-13,15-19,23H2,1-3H3;1H3/b6-4-,24-5+;. The highest BCUT2D eigenvalue weighted by atomic mass is 19.3. The van der Waals surface area contributed by atoms with E-state index in [1.807, 2.05) is 44.0 Å². The minimum Gasteiger partial charge on any atom is -0.370 e. The number of halogens is 3. The molecule has 0 spiro atoms. The fourth-order valence-corrected chi connectivity index (χ4v) is 4.55. The number of allylic oxidation sites excluding steroid dienone is 8. The molecular weight excluding hydrogens is 489 g/mol. The summed E-state index contributed by atoms with van der Waals surface area (Å²) in [6, 6.07) is 2.04. The van der Waals surface area contributed by atoms with Crippen LogP contribution in [0, 0.1) is 11.3 Å². The average Bonchev–Trinajstić information content (AvgIpc) is 3.30. The Labute approximate surface area is 227 Å². The molecule has 212 valence electrons. The van der Waals surface area contributed by atoms with E-state index in [4.69, 9.17) is 0 Å². The molecule has 0 N–H and O–H groups in total. The number of nitriles is 1. The lowest BCUT2D eigenvalue weighted by molar-refractivity contribution is -0.129. The summed E-state index contributed by atoms with van der Waals surface area (Å²) in [5.74, 6) is 0.200. The van der Waals surface area contributed by atoms with Gasteiger partial charge in [-0.15, -0.1) is 0 Å². The van der Waals surface area contributed by atoms with E-state index in [1.165, 1.54) is 11.6 Å². The number of nitrogens with zero attached hydrogens (tertiary/aromatic N) is 4. The predicted octanol–water partition coefficient (Wildman–Crippen LogP) is 6.44. The Morgan fingerprint density at radius 1 is 1.13 bits per heavy atom. The van der Waals surface area contributed by atoms with Crippen molar-refractivity contribution < 1.29 is 18.0 Å². The largest absolute Gasteiger partial charge is 0.370 e. The van der Waals surface area contributed by atoms with Crippen LogP contribution in [0.25, 0.3) is 0 Å². The van der Waals surface area contributed by atoms with E-state index in [2.05, 4.69) is 22.0 Å². The molecular formula is C30H45F3N4O. The van der Waals surface area contributed by atoms with Crippen molar-refractivity contribution in [1.82, 2.24) is 14.7 Å². The van der Waals surface area contributed by atoms with Gasteiger partial charge in [0.15, 0.2) is 0 Å². The lowest BCUT2D eigenvalue weighted by Crippen LogP contribution is -2.31. The smallest absolute Gasteiger partial charge is 0.260 e. The fourth-order valence-electron chi connectivity index (χ4n) is 4.55. The molecule has 1 aliphatic heterocycles. The van der Waals surface area contributed by atoms with Gasteiger partial charge in [0.05, 0.1) is 18.8 Å². The van der Waals surface area contributed by atoms with Gasteiger partial charge in [0, 0.05) is 50.9 Å². The Bertz CT molecular complexity index is 915. The molecule has 0 saturated carbocycles. The summed E-state index contributed by atoms with van der Waals surface area (Å²) < 4.78 is 35.9. The number of amides is 1. The molecule has 1 heterocycles. The number of hydrogen-bond acceptors (Lipinski definition) is 4. The molecule has 0 aromatic rings. The van der Waals surface area contributed by atoms with Crippen LogP contribution in [-0.2, 0) is 4.79 Å². The first-order chi connectivity index (χ1) is 18.4. The molecule has 0 atom stereocenters. The van der Waals surface area contributed by atoms with E-state index in [9.17, 15) is 23.2 Å². The Kier molecular flexibility index (Phi) is 16.9. The number of hydrogen-bond donors (Lipinski definition) is 0. The van der Waals surface area contributed by atoms with E-state index in [0.29, 0.717) is 20.1 Å². The molecule has 1 saturated heterocycles. The molecule has 1 aliphatic carbocycles. The zero-order valence-corrected chi connectivity index (χ0v) is 23.6. The van der Waals surface area contributed by atoms with Gasteiger partial charge < -0.3 is 14.7 Å². The third-order valence-corrected chi connectivity index (χ3v) is 6.81. The second-order valence-electron chi connectivity index (χ2n) is 9.53. The van der Waals surface area contributed by atoms with Crippen LogP contribution >= 0.6 is 0 Å². The van der Waals surface area contributed by atoms with Crippen LogP contribution in [0.15, 0.2) is 58.9 Å². The van der Waals surface area contributed by atoms with Gasteiger partial charge in [-0.2, -0.15) is 5.26 Å². The molecule has 38 heavy (non-hydrogen) atoms. The highest BCUT2D eigenvalue weighted by molar-refractivity contribution is 5.76. The molecule has 0 radical (unpaired) electrons. The van der Waals surface area contributed by atoms with Gasteiger partial charge in [-0.3, -0.25) is 9.18 Å². The summed E-state index contributed by atoms with van der Waals surface area (Å²) >= 11 is 0. The predicted molar refractivity (Wildman–Crippen MR) is 149 cm³/mol. The maximum Gasteiger partial charge on any atom is 0.260 e. The SMILES string of the molecule is C/C=C\C/C(=C\C)CN(C)C(=O)CCCCCN1CCCN(C2=CCC(C(F)F)=CC(C#N)=C2)CC1.CF. The van der Waals surface area contributed by atoms with Crippen LogP contribution < -0.4 is 0 Å². The van der Waals surface area contributed by atoms with E-state index >= 15 is 0 Å².